The number of rotatable bonds is 11. The highest BCUT2D eigenvalue weighted by atomic mass is 79.9. The molecule has 0 N–H and O–H groups in total. The van der Waals surface area contributed by atoms with Crippen LogP contribution in [0.2, 0.25) is 0 Å². The third kappa shape index (κ3) is 6.98. The molecule has 1 saturated carbocycles. The van der Waals surface area contributed by atoms with Crippen molar-refractivity contribution in [2.24, 2.45) is 28.7 Å². The van der Waals surface area contributed by atoms with Gasteiger partial charge in [-0.2, -0.15) is 13.2 Å². The molecule has 0 saturated heterocycles. The van der Waals surface area contributed by atoms with Gasteiger partial charge in [-0.3, -0.25) is 9.79 Å². The zero-order valence-electron chi connectivity index (χ0n) is 26.5. The molecule has 0 aromatic heterocycles. The highest BCUT2D eigenvalue weighted by Crippen LogP contribution is 2.57. The van der Waals surface area contributed by atoms with Crippen LogP contribution in [-0.2, 0) is 14.9 Å². The van der Waals surface area contributed by atoms with Crippen molar-refractivity contribution in [1.29, 1.82) is 0 Å². The quantitative estimate of drug-likeness (QED) is 0.173. The maximum atomic E-state index is 15.8. The van der Waals surface area contributed by atoms with Crippen molar-refractivity contribution in [2.45, 2.75) is 84.5 Å². The monoisotopic (exact) mass is 699 g/mol. The Labute approximate surface area is 271 Å². The molecule has 0 bridgehead atoms. The first-order chi connectivity index (χ1) is 21.3. The van der Waals surface area contributed by atoms with Gasteiger partial charge in [0.25, 0.3) is 0 Å². The lowest BCUT2D eigenvalue weighted by Crippen LogP contribution is -2.53. The van der Waals surface area contributed by atoms with Crippen molar-refractivity contribution in [3.05, 3.63) is 51.7 Å². The van der Waals surface area contributed by atoms with E-state index in [0.717, 1.165) is 25.1 Å². The van der Waals surface area contributed by atoms with E-state index in [4.69, 9.17) is 18.9 Å². The molecule has 1 heterocycles. The van der Waals surface area contributed by atoms with Gasteiger partial charge in [0.2, 0.25) is 5.75 Å². The lowest BCUT2D eigenvalue weighted by Gasteiger charge is -2.40. The van der Waals surface area contributed by atoms with Crippen molar-refractivity contribution in [2.75, 3.05) is 19.8 Å². The minimum absolute atomic E-state index is 0.00534. The van der Waals surface area contributed by atoms with E-state index in [1.54, 1.807) is 20.8 Å². The largest absolute Gasteiger partial charge is 0.490 e. The van der Waals surface area contributed by atoms with Crippen molar-refractivity contribution in [1.82, 2.24) is 0 Å². The average molecular weight is 701 g/mol. The highest BCUT2D eigenvalue weighted by Gasteiger charge is 2.67. The van der Waals surface area contributed by atoms with Gasteiger partial charge in [0.05, 0.1) is 30.3 Å². The van der Waals surface area contributed by atoms with Gasteiger partial charge in [0.1, 0.15) is 23.3 Å². The number of hydrogen-bond acceptors (Lipinski definition) is 6. The van der Waals surface area contributed by atoms with E-state index in [1.165, 1.54) is 24.3 Å². The van der Waals surface area contributed by atoms with E-state index < -0.39 is 41.4 Å². The molecule has 2 aromatic carbocycles. The van der Waals surface area contributed by atoms with E-state index >= 15 is 13.2 Å². The number of ether oxygens (including phenoxy) is 4. The molecule has 6 atom stereocenters. The lowest BCUT2D eigenvalue weighted by atomic mass is 9.68. The maximum absolute atomic E-state index is 15.8. The summed E-state index contributed by atoms with van der Waals surface area (Å²) >= 11 is 3.14. The molecule has 3 unspecified atom stereocenters. The number of alkyl halides is 3. The molecule has 2 aromatic rings. The summed E-state index contributed by atoms with van der Waals surface area (Å²) in [6, 6.07) is 5.04. The first kappa shape index (κ1) is 35.0. The molecule has 1 aliphatic carbocycles. The number of esters is 1. The third-order valence-corrected chi connectivity index (χ3v) is 9.48. The Morgan fingerprint density at radius 2 is 1.64 bits per heavy atom. The van der Waals surface area contributed by atoms with Crippen LogP contribution in [0, 0.1) is 29.5 Å². The highest BCUT2D eigenvalue weighted by molar-refractivity contribution is 9.10. The zero-order chi connectivity index (χ0) is 33.1. The van der Waals surface area contributed by atoms with Gasteiger partial charge in [-0.15, -0.1) is 0 Å². The Bertz CT molecular complexity index is 1360. The number of carbonyl (C=O) groups is 1. The molecular formula is C34H42BrF4NO5. The van der Waals surface area contributed by atoms with E-state index in [1.807, 2.05) is 13.8 Å². The van der Waals surface area contributed by atoms with Crippen LogP contribution < -0.4 is 14.2 Å². The Morgan fingerprint density at radius 1 is 1.02 bits per heavy atom. The summed E-state index contributed by atoms with van der Waals surface area (Å²) in [4.78, 5) is 18.7. The van der Waals surface area contributed by atoms with Crippen LogP contribution in [0.4, 0.5) is 17.6 Å². The number of benzene rings is 2. The van der Waals surface area contributed by atoms with Crippen molar-refractivity contribution in [3.63, 3.8) is 0 Å². The Balaban J connectivity index is 1.94. The first-order valence-corrected chi connectivity index (χ1v) is 16.4. The fraction of sp³-hybridized carbons (Fsp3) is 0.588. The van der Waals surface area contributed by atoms with Gasteiger partial charge in [0, 0.05) is 6.21 Å². The molecule has 2 aliphatic rings. The van der Waals surface area contributed by atoms with E-state index in [0.29, 0.717) is 6.42 Å². The van der Waals surface area contributed by atoms with Crippen LogP contribution in [0.15, 0.2) is 39.8 Å². The number of halogens is 5. The normalized spacial score (nSPS) is 26.6. The Hall–Kier alpha value is -2.82. The molecular weight excluding hydrogens is 658 g/mol. The van der Waals surface area contributed by atoms with Crippen LogP contribution in [0.25, 0.3) is 0 Å². The lowest BCUT2D eigenvalue weighted by molar-refractivity contribution is -0.197. The van der Waals surface area contributed by atoms with E-state index in [2.05, 4.69) is 27.8 Å². The van der Waals surface area contributed by atoms with Crippen molar-refractivity contribution < 1.29 is 41.3 Å². The number of nitrogens with zero attached hydrogens (tertiary/aromatic N) is 1. The topological polar surface area (TPSA) is 66.4 Å². The SMILES string of the molecule is CCOc1cc(C2(C(F)(F)F)C=NC(c3ccc(F)c(Br)c3)C2C(=O)O[C@H]2C[C@@H](C)CC[C@@H]2C(C)C)cc(OCC)c1OCC. The van der Waals surface area contributed by atoms with Gasteiger partial charge in [0.15, 0.2) is 11.5 Å². The summed E-state index contributed by atoms with van der Waals surface area (Å²) in [7, 11) is 0. The summed E-state index contributed by atoms with van der Waals surface area (Å²) in [6.07, 6.45) is -2.44. The Morgan fingerprint density at radius 3 is 2.18 bits per heavy atom. The van der Waals surface area contributed by atoms with Crippen LogP contribution in [-0.4, -0.2) is 44.3 Å². The molecule has 0 radical (unpaired) electrons. The number of carbonyl (C=O) groups excluding carboxylic acids is 1. The maximum Gasteiger partial charge on any atom is 0.404 e. The van der Waals surface area contributed by atoms with E-state index in [9.17, 15) is 9.18 Å². The average Bonchev–Trinajstić information content (AvgIpc) is 3.38. The van der Waals surface area contributed by atoms with E-state index in [-0.39, 0.29) is 70.4 Å². The fourth-order valence-corrected chi connectivity index (χ4v) is 7.07. The molecule has 1 aliphatic heterocycles. The van der Waals surface area contributed by atoms with Gasteiger partial charge in [-0.25, -0.2) is 4.39 Å². The predicted octanol–water partition coefficient (Wildman–Crippen LogP) is 9.03. The summed E-state index contributed by atoms with van der Waals surface area (Å²) in [6.45, 7) is 11.8. The predicted molar refractivity (Wildman–Crippen MR) is 168 cm³/mol. The molecule has 0 amide bonds. The number of aliphatic imine (C=N–C) groups is 1. The fourth-order valence-electron chi connectivity index (χ4n) is 6.67. The summed E-state index contributed by atoms with van der Waals surface area (Å²) in [5, 5.41) is 0. The molecule has 1 fully saturated rings. The molecule has 248 valence electrons. The van der Waals surface area contributed by atoms with Gasteiger partial charge in [-0.05, 0) is 103 Å². The third-order valence-electron chi connectivity index (χ3n) is 8.87. The second-order valence-corrected chi connectivity index (χ2v) is 13.0. The van der Waals surface area contributed by atoms with Crippen LogP contribution >= 0.6 is 15.9 Å². The first-order valence-electron chi connectivity index (χ1n) is 15.6. The summed E-state index contributed by atoms with van der Waals surface area (Å²) in [5.41, 5.74) is -2.98. The molecule has 45 heavy (non-hydrogen) atoms. The number of hydrogen-bond donors (Lipinski definition) is 0. The summed E-state index contributed by atoms with van der Waals surface area (Å²) in [5.74, 6) is -2.75. The van der Waals surface area contributed by atoms with Gasteiger partial charge in [-0.1, -0.05) is 33.3 Å². The Kier molecular flexibility index (Phi) is 11.1. The standard InChI is InChI=1S/C34H42BrF4NO5/c1-7-42-27-16-22(17-28(43-8-2)31(27)44-9-3)33(34(37,38)39)18-40-30(21-11-13-25(36)24(35)15-21)29(33)32(41)45-26-14-20(6)10-12-23(26)19(4)5/h11,13,15-20,23,26,29-30H,7-10,12,14H2,1-6H3/t20-,23+,26-,29?,30?,33?/m0/s1. The van der Waals surface area contributed by atoms with Crippen LogP contribution in [0.1, 0.15) is 78.0 Å². The summed E-state index contributed by atoms with van der Waals surface area (Å²) < 4.78 is 85.1. The molecule has 6 nitrogen and oxygen atoms in total. The van der Waals surface area contributed by atoms with Crippen molar-refractivity contribution >= 4 is 28.1 Å². The van der Waals surface area contributed by atoms with Gasteiger partial charge < -0.3 is 18.9 Å². The smallest absolute Gasteiger partial charge is 0.404 e. The van der Waals surface area contributed by atoms with Crippen molar-refractivity contribution in [3.8, 4) is 17.2 Å². The zero-order valence-corrected chi connectivity index (χ0v) is 28.1. The molecule has 11 heteroatoms. The molecule has 4 rings (SSSR count). The van der Waals surface area contributed by atoms with Crippen LogP contribution in [0.3, 0.4) is 0 Å². The second kappa shape index (κ2) is 14.3. The molecule has 0 spiro atoms. The second-order valence-electron chi connectivity index (χ2n) is 12.1. The van der Waals surface area contributed by atoms with Crippen LogP contribution in [0.5, 0.6) is 17.2 Å². The van der Waals surface area contributed by atoms with Gasteiger partial charge >= 0.3 is 12.1 Å². The minimum atomic E-state index is -5.01. The minimum Gasteiger partial charge on any atom is -0.490 e.